The zero-order valence-corrected chi connectivity index (χ0v) is 8.69. The minimum atomic E-state index is 0.761. The average molecular weight is 210 g/mol. The fraction of sp³-hybridized carbons (Fsp3) is 0.100. The summed E-state index contributed by atoms with van der Waals surface area (Å²) in [5.74, 6) is 0. The maximum Gasteiger partial charge on any atom is 0.0869 e. The van der Waals surface area contributed by atoms with Crippen LogP contribution >= 0.6 is 23.1 Å². The Balaban J connectivity index is 2.47. The molecule has 13 heavy (non-hydrogen) atoms. The summed E-state index contributed by atoms with van der Waals surface area (Å²) in [5, 5.41) is 2.81. The van der Waals surface area contributed by atoms with E-state index in [1.54, 1.807) is 0 Å². The number of aryl methyl sites for hydroxylation is 1. The number of hydrogen-bond donors (Lipinski definition) is 0. The van der Waals surface area contributed by atoms with Crippen LogP contribution in [-0.4, -0.2) is 4.37 Å². The van der Waals surface area contributed by atoms with Crippen LogP contribution in [0, 0.1) is 6.92 Å². The highest BCUT2D eigenvalue weighted by Crippen LogP contribution is 2.24. The van der Waals surface area contributed by atoms with E-state index in [9.17, 15) is 0 Å². The minimum Gasteiger partial charge on any atom is -0.192 e. The van der Waals surface area contributed by atoms with Crippen LogP contribution in [0.4, 0.5) is 0 Å². The molecule has 0 saturated carbocycles. The summed E-state index contributed by atoms with van der Waals surface area (Å²) in [4.78, 5) is 0. The third-order valence-electron chi connectivity index (χ3n) is 1.86. The van der Waals surface area contributed by atoms with Crippen molar-refractivity contribution in [1.29, 1.82) is 0 Å². The number of halogens is 1. The summed E-state index contributed by atoms with van der Waals surface area (Å²) in [6.45, 7) is 2.06. The van der Waals surface area contributed by atoms with Crippen molar-refractivity contribution in [3.05, 3.63) is 40.2 Å². The van der Waals surface area contributed by atoms with Crippen LogP contribution in [-0.2, 0) is 0 Å². The van der Waals surface area contributed by atoms with Gasteiger partial charge in [0.05, 0.1) is 5.69 Å². The molecular weight excluding hydrogens is 202 g/mol. The van der Waals surface area contributed by atoms with E-state index in [1.165, 1.54) is 17.1 Å². The van der Waals surface area contributed by atoms with Crippen molar-refractivity contribution in [3.63, 3.8) is 0 Å². The summed E-state index contributed by atoms with van der Waals surface area (Å²) < 4.78 is 4.31. The van der Waals surface area contributed by atoms with E-state index in [0.29, 0.717) is 0 Å². The molecule has 0 aliphatic carbocycles. The molecule has 1 heterocycles. The third-order valence-corrected chi connectivity index (χ3v) is 2.86. The summed E-state index contributed by atoms with van der Waals surface area (Å²) in [6.07, 6.45) is 0. The highest BCUT2D eigenvalue weighted by atomic mass is 35.5. The first-order chi connectivity index (χ1) is 6.27. The molecule has 0 bridgehead atoms. The van der Waals surface area contributed by atoms with Crippen LogP contribution in [0.1, 0.15) is 5.56 Å². The van der Waals surface area contributed by atoms with Gasteiger partial charge in [0.15, 0.2) is 0 Å². The van der Waals surface area contributed by atoms with Crippen molar-refractivity contribution in [2.75, 3.05) is 0 Å². The molecule has 1 nitrogen and oxygen atoms in total. The number of rotatable bonds is 1. The monoisotopic (exact) mass is 209 g/mol. The molecule has 0 amide bonds. The van der Waals surface area contributed by atoms with Crippen molar-refractivity contribution in [1.82, 2.24) is 4.37 Å². The van der Waals surface area contributed by atoms with Gasteiger partial charge < -0.3 is 0 Å². The Labute approximate surface area is 86.2 Å². The Morgan fingerprint density at radius 3 is 2.46 bits per heavy atom. The zero-order chi connectivity index (χ0) is 9.26. The van der Waals surface area contributed by atoms with Gasteiger partial charge in [0, 0.05) is 16.0 Å². The summed E-state index contributed by atoms with van der Waals surface area (Å²) in [7, 11) is 0. The van der Waals surface area contributed by atoms with Gasteiger partial charge in [0.25, 0.3) is 0 Å². The maximum atomic E-state index is 5.80. The SMILES string of the molecule is Cc1csnc1-c1ccc(Cl)cc1. The number of aromatic nitrogens is 1. The molecule has 0 unspecified atom stereocenters. The second-order valence-electron chi connectivity index (χ2n) is 2.85. The van der Waals surface area contributed by atoms with Crippen molar-refractivity contribution in [3.8, 4) is 11.3 Å². The zero-order valence-electron chi connectivity index (χ0n) is 7.12. The lowest BCUT2D eigenvalue weighted by atomic mass is 10.1. The van der Waals surface area contributed by atoms with E-state index < -0.39 is 0 Å². The van der Waals surface area contributed by atoms with E-state index in [0.717, 1.165) is 16.3 Å². The van der Waals surface area contributed by atoms with E-state index in [4.69, 9.17) is 11.6 Å². The smallest absolute Gasteiger partial charge is 0.0869 e. The molecule has 2 aromatic rings. The first kappa shape index (κ1) is 8.73. The first-order valence-corrected chi connectivity index (χ1v) is 5.16. The van der Waals surface area contributed by atoms with Crippen LogP contribution in [0.3, 0.4) is 0 Å². The Hall–Kier alpha value is -0.860. The van der Waals surface area contributed by atoms with Gasteiger partial charge in [-0.2, -0.15) is 4.37 Å². The molecular formula is C10H8ClNS. The average Bonchev–Trinajstić information content (AvgIpc) is 2.53. The van der Waals surface area contributed by atoms with Gasteiger partial charge in [0.1, 0.15) is 0 Å². The lowest BCUT2D eigenvalue weighted by Crippen LogP contribution is -1.78. The summed E-state index contributed by atoms with van der Waals surface area (Å²) >= 11 is 7.28. The molecule has 0 fully saturated rings. The van der Waals surface area contributed by atoms with Gasteiger partial charge in [-0.25, -0.2) is 0 Å². The molecule has 3 heteroatoms. The van der Waals surface area contributed by atoms with Crippen LogP contribution in [0.2, 0.25) is 5.02 Å². The number of benzene rings is 1. The van der Waals surface area contributed by atoms with Crippen molar-refractivity contribution in [2.45, 2.75) is 6.92 Å². The summed E-state index contributed by atoms with van der Waals surface area (Å²) in [5.41, 5.74) is 3.40. The fourth-order valence-electron chi connectivity index (χ4n) is 1.17. The Bertz CT molecular complexity index is 405. The molecule has 0 radical (unpaired) electrons. The highest BCUT2D eigenvalue weighted by molar-refractivity contribution is 7.04. The minimum absolute atomic E-state index is 0.761. The van der Waals surface area contributed by atoms with Crippen LogP contribution in [0.5, 0.6) is 0 Å². The third kappa shape index (κ3) is 1.74. The van der Waals surface area contributed by atoms with Gasteiger partial charge in [-0.1, -0.05) is 23.7 Å². The van der Waals surface area contributed by atoms with Gasteiger partial charge in [-0.15, -0.1) is 0 Å². The number of hydrogen-bond acceptors (Lipinski definition) is 2. The largest absolute Gasteiger partial charge is 0.192 e. The molecule has 1 aromatic heterocycles. The van der Waals surface area contributed by atoms with Crippen molar-refractivity contribution < 1.29 is 0 Å². The van der Waals surface area contributed by atoms with Crippen LogP contribution < -0.4 is 0 Å². The van der Waals surface area contributed by atoms with Gasteiger partial charge in [-0.05, 0) is 36.2 Å². The molecule has 2 rings (SSSR count). The standard InChI is InChI=1S/C10H8ClNS/c1-7-6-13-12-10(7)8-2-4-9(11)5-3-8/h2-6H,1H3. The topological polar surface area (TPSA) is 12.9 Å². The molecule has 66 valence electrons. The second kappa shape index (κ2) is 3.48. The summed E-state index contributed by atoms with van der Waals surface area (Å²) in [6, 6.07) is 7.75. The first-order valence-electron chi connectivity index (χ1n) is 3.94. The molecule has 0 aliphatic rings. The van der Waals surface area contributed by atoms with Crippen molar-refractivity contribution >= 4 is 23.1 Å². The normalized spacial score (nSPS) is 10.3. The lowest BCUT2D eigenvalue weighted by molar-refractivity contribution is 1.43. The molecule has 0 aliphatic heterocycles. The predicted octanol–water partition coefficient (Wildman–Crippen LogP) is 3.77. The van der Waals surface area contributed by atoms with Crippen LogP contribution in [0.15, 0.2) is 29.6 Å². The Morgan fingerprint density at radius 2 is 1.92 bits per heavy atom. The molecule has 0 spiro atoms. The predicted molar refractivity (Wildman–Crippen MR) is 57.3 cm³/mol. The Kier molecular flexibility index (Phi) is 2.34. The lowest BCUT2D eigenvalue weighted by Gasteiger charge is -1.97. The molecule has 0 atom stereocenters. The molecule has 0 saturated heterocycles. The molecule has 0 N–H and O–H groups in total. The van der Waals surface area contributed by atoms with Gasteiger partial charge in [0.2, 0.25) is 0 Å². The second-order valence-corrected chi connectivity index (χ2v) is 3.92. The van der Waals surface area contributed by atoms with Gasteiger partial charge in [-0.3, -0.25) is 0 Å². The highest BCUT2D eigenvalue weighted by Gasteiger charge is 2.03. The maximum absolute atomic E-state index is 5.80. The van der Waals surface area contributed by atoms with E-state index in [2.05, 4.69) is 11.3 Å². The van der Waals surface area contributed by atoms with Gasteiger partial charge >= 0.3 is 0 Å². The Morgan fingerprint density at radius 1 is 1.23 bits per heavy atom. The van der Waals surface area contributed by atoms with E-state index in [1.807, 2.05) is 29.6 Å². The van der Waals surface area contributed by atoms with Crippen LogP contribution in [0.25, 0.3) is 11.3 Å². The fourth-order valence-corrected chi connectivity index (χ4v) is 1.98. The van der Waals surface area contributed by atoms with E-state index in [-0.39, 0.29) is 0 Å². The van der Waals surface area contributed by atoms with Crippen molar-refractivity contribution in [2.24, 2.45) is 0 Å². The molecule has 1 aromatic carbocycles. The van der Waals surface area contributed by atoms with E-state index >= 15 is 0 Å². The number of nitrogens with zero attached hydrogens (tertiary/aromatic N) is 1. The quantitative estimate of drug-likeness (QED) is 0.697.